The Morgan fingerprint density at radius 3 is 2.52 bits per heavy atom. The number of benzene rings is 2. The van der Waals surface area contributed by atoms with Crippen LogP contribution in [0.4, 0.5) is 15.8 Å². The number of carboxylic acid groups (broad SMARTS) is 1. The molecule has 4 N–H and O–H groups in total. The Bertz CT molecular complexity index is 734. The molecule has 0 fully saturated rings. The molecule has 0 aromatic heterocycles. The molecule has 7 heteroatoms. The Morgan fingerprint density at radius 1 is 1.19 bits per heavy atom. The van der Waals surface area contributed by atoms with Crippen LogP contribution in [0.25, 0.3) is 0 Å². The van der Waals surface area contributed by atoms with Crippen LogP contribution in [0.15, 0.2) is 36.4 Å². The standard InChI is InChI=1S/C14H10ClFN2O3/c15-10-3-2-8(6-9(10)14(20)21)18-13(19)7-1-4-12(17)11(16)5-7/h1-6H,17H2,(H,18,19)(H,20,21). The minimum Gasteiger partial charge on any atom is -0.478 e. The van der Waals surface area contributed by atoms with Crippen LogP contribution in [-0.4, -0.2) is 17.0 Å². The highest BCUT2D eigenvalue weighted by Crippen LogP contribution is 2.21. The second-order valence-corrected chi connectivity index (χ2v) is 4.60. The second kappa shape index (κ2) is 5.80. The third-order valence-corrected chi connectivity index (χ3v) is 3.05. The molecule has 0 aliphatic carbocycles. The summed E-state index contributed by atoms with van der Waals surface area (Å²) in [7, 11) is 0. The van der Waals surface area contributed by atoms with E-state index in [9.17, 15) is 14.0 Å². The number of nitrogens with one attached hydrogen (secondary N) is 1. The molecule has 0 bridgehead atoms. The van der Waals surface area contributed by atoms with E-state index in [1.807, 2.05) is 0 Å². The van der Waals surface area contributed by atoms with E-state index >= 15 is 0 Å². The lowest BCUT2D eigenvalue weighted by atomic mass is 10.1. The molecule has 0 saturated carbocycles. The topological polar surface area (TPSA) is 92.4 Å². The summed E-state index contributed by atoms with van der Waals surface area (Å²) in [5.74, 6) is -2.51. The minimum atomic E-state index is -1.21. The molecule has 21 heavy (non-hydrogen) atoms. The van der Waals surface area contributed by atoms with Crippen LogP contribution >= 0.6 is 11.6 Å². The monoisotopic (exact) mass is 308 g/mol. The number of carboxylic acids is 1. The first-order valence-corrected chi connectivity index (χ1v) is 6.15. The molecule has 108 valence electrons. The number of hydrogen-bond donors (Lipinski definition) is 3. The van der Waals surface area contributed by atoms with Gasteiger partial charge >= 0.3 is 5.97 Å². The maximum Gasteiger partial charge on any atom is 0.337 e. The van der Waals surface area contributed by atoms with Gasteiger partial charge in [-0.1, -0.05) is 11.6 Å². The van der Waals surface area contributed by atoms with Crippen molar-refractivity contribution < 1.29 is 19.1 Å². The van der Waals surface area contributed by atoms with Crippen LogP contribution in [0, 0.1) is 5.82 Å². The lowest BCUT2D eigenvalue weighted by Gasteiger charge is -2.08. The fourth-order valence-corrected chi connectivity index (χ4v) is 1.84. The Labute approximate surface area is 124 Å². The summed E-state index contributed by atoms with van der Waals surface area (Å²) in [6, 6.07) is 7.65. The third-order valence-electron chi connectivity index (χ3n) is 2.72. The van der Waals surface area contributed by atoms with Crippen molar-refractivity contribution in [2.45, 2.75) is 0 Å². The summed E-state index contributed by atoms with van der Waals surface area (Å²) >= 11 is 5.73. The van der Waals surface area contributed by atoms with Gasteiger partial charge in [0.05, 0.1) is 16.3 Å². The van der Waals surface area contributed by atoms with Crippen LogP contribution in [0.5, 0.6) is 0 Å². The van der Waals surface area contributed by atoms with Crippen molar-refractivity contribution in [2.75, 3.05) is 11.1 Å². The van der Waals surface area contributed by atoms with E-state index in [0.717, 1.165) is 6.07 Å². The van der Waals surface area contributed by atoms with Crippen molar-refractivity contribution in [3.05, 3.63) is 58.4 Å². The Balaban J connectivity index is 2.25. The van der Waals surface area contributed by atoms with E-state index < -0.39 is 17.7 Å². The molecule has 2 aromatic carbocycles. The summed E-state index contributed by atoms with van der Waals surface area (Å²) in [6.45, 7) is 0. The van der Waals surface area contributed by atoms with Gasteiger partial charge in [0.2, 0.25) is 0 Å². The Morgan fingerprint density at radius 2 is 1.90 bits per heavy atom. The lowest BCUT2D eigenvalue weighted by Crippen LogP contribution is -2.13. The lowest BCUT2D eigenvalue weighted by molar-refractivity contribution is 0.0696. The van der Waals surface area contributed by atoms with Crippen molar-refractivity contribution in [1.29, 1.82) is 0 Å². The average molecular weight is 309 g/mol. The van der Waals surface area contributed by atoms with E-state index in [4.69, 9.17) is 22.4 Å². The zero-order chi connectivity index (χ0) is 15.6. The van der Waals surface area contributed by atoms with Crippen molar-refractivity contribution in [3.8, 4) is 0 Å². The van der Waals surface area contributed by atoms with E-state index in [2.05, 4.69) is 5.32 Å². The summed E-state index contributed by atoms with van der Waals surface area (Å²) < 4.78 is 13.3. The molecule has 0 aliphatic heterocycles. The molecule has 0 aliphatic rings. The molecular weight excluding hydrogens is 299 g/mol. The van der Waals surface area contributed by atoms with E-state index in [1.54, 1.807) is 0 Å². The van der Waals surface area contributed by atoms with E-state index in [-0.39, 0.29) is 27.5 Å². The zero-order valence-corrected chi connectivity index (χ0v) is 11.3. The number of hydrogen-bond acceptors (Lipinski definition) is 3. The van der Waals surface area contributed by atoms with Crippen LogP contribution in [-0.2, 0) is 0 Å². The molecule has 0 heterocycles. The summed E-state index contributed by atoms with van der Waals surface area (Å²) in [5.41, 5.74) is 5.42. The number of anilines is 2. The summed E-state index contributed by atoms with van der Waals surface area (Å²) in [5, 5.41) is 11.5. The molecule has 0 radical (unpaired) electrons. The van der Waals surface area contributed by atoms with Crippen LogP contribution in [0.3, 0.4) is 0 Å². The first-order chi connectivity index (χ1) is 9.88. The molecule has 0 saturated heterocycles. The van der Waals surface area contributed by atoms with Gasteiger partial charge in [0.15, 0.2) is 0 Å². The fourth-order valence-electron chi connectivity index (χ4n) is 1.64. The van der Waals surface area contributed by atoms with Gasteiger partial charge in [0, 0.05) is 11.3 Å². The summed E-state index contributed by atoms with van der Waals surface area (Å²) in [6.07, 6.45) is 0. The van der Waals surface area contributed by atoms with Gasteiger partial charge in [-0.25, -0.2) is 9.18 Å². The molecule has 0 spiro atoms. The van der Waals surface area contributed by atoms with Gasteiger partial charge in [-0.3, -0.25) is 4.79 Å². The normalized spacial score (nSPS) is 10.2. The van der Waals surface area contributed by atoms with Gasteiger partial charge in [0.25, 0.3) is 5.91 Å². The van der Waals surface area contributed by atoms with Crippen LogP contribution < -0.4 is 11.1 Å². The quantitative estimate of drug-likeness (QED) is 0.760. The maximum absolute atomic E-state index is 13.3. The predicted octanol–water partition coefficient (Wildman–Crippen LogP) is 3.01. The number of halogens is 2. The summed E-state index contributed by atoms with van der Waals surface area (Å²) in [4.78, 5) is 22.9. The number of carbonyl (C=O) groups excluding carboxylic acids is 1. The highest BCUT2D eigenvalue weighted by Gasteiger charge is 2.12. The molecule has 2 aromatic rings. The molecular formula is C14H10ClFN2O3. The number of nitrogens with two attached hydrogens (primary N) is 1. The van der Waals surface area contributed by atoms with Crippen molar-refractivity contribution >= 4 is 34.9 Å². The van der Waals surface area contributed by atoms with Gasteiger partial charge in [-0.05, 0) is 36.4 Å². The first-order valence-electron chi connectivity index (χ1n) is 5.77. The predicted molar refractivity (Wildman–Crippen MR) is 77.2 cm³/mol. The molecule has 1 amide bonds. The van der Waals surface area contributed by atoms with Crippen LogP contribution in [0.1, 0.15) is 20.7 Å². The van der Waals surface area contributed by atoms with Crippen molar-refractivity contribution in [2.24, 2.45) is 0 Å². The van der Waals surface area contributed by atoms with Gasteiger partial charge < -0.3 is 16.2 Å². The Hall–Kier alpha value is -2.60. The number of amides is 1. The van der Waals surface area contributed by atoms with Gasteiger partial charge in [-0.15, -0.1) is 0 Å². The highest BCUT2D eigenvalue weighted by molar-refractivity contribution is 6.33. The number of carbonyl (C=O) groups is 2. The number of rotatable bonds is 3. The molecule has 2 rings (SSSR count). The van der Waals surface area contributed by atoms with E-state index in [0.29, 0.717) is 0 Å². The number of aromatic carboxylic acids is 1. The van der Waals surface area contributed by atoms with Gasteiger partial charge in [-0.2, -0.15) is 0 Å². The van der Waals surface area contributed by atoms with Gasteiger partial charge in [0.1, 0.15) is 5.82 Å². The molecule has 5 nitrogen and oxygen atoms in total. The average Bonchev–Trinajstić information content (AvgIpc) is 2.43. The molecule has 0 atom stereocenters. The Kier molecular flexibility index (Phi) is 4.09. The number of nitrogen functional groups attached to an aromatic ring is 1. The molecule has 0 unspecified atom stereocenters. The highest BCUT2D eigenvalue weighted by atomic mass is 35.5. The fraction of sp³-hybridized carbons (Fsp3) is 0. The van der Waals surface area contributed by atoms with E-state index in [1.165, 1.54) is 30.3 Å². The SMILES string of the molecule is Nc1ccc(C(=O)Nc2ccc(Cl)c(C(=O)O)c2)cc1F. The second-order valence-electron chi connectivity index (χ2n) is 4.19. The maximum atomic E-state index is 13.3. The van der Waals surface area contributed by atoms with Crippen molar-refractivity contribution in [3.63, 3.8) is 0 Å². The smallest absolute Gasteiger partial charge is 0.337 e. The third kappa shape index (κ3) is 3.29. The van der Waals surface area contributed by atoms with Crippen LogP contribution in [0.2, 0.25) is 5.02 Å². The largest absolute Gasteiger partial charge is 0.478 e. The minimum absolute atomic E-state index is 0.0547. The zero-order valence-electron chi connectivity index (χ0n) is 10.6. The first kappa shape index (κ1) is 14.8. The van der Waals surface area contributed by atoms with Crippen molar-refractivity contribution in [1.82, 2.24) is 0 Å².